The molecule has 3 aromatic rings. The van der Waals surface area contributed by atoms with Crippen LogP contribution in [0, 0.1) is 0 Å². The minimum absolute atomic E-state index is 0.00495. The standard InChI is InChI=1S/C21H14Cl4O4/c22-14-3-11(4-15(23)9-14)18-7-13(21(27)28)8-19(20(18)29-2-1-26)12-5-16(24)10-17(25)6-12/h3-10,26H,1-2H2,(H,27,28). The van der Waals surface area contributed by atoms with Crippen LogP contribution in [0.25, 0.3) is 22.3 Å². The van der Waals surface area contributed by atoms with Gasteiger partial charge in [0.15, 0.2) is 0 Å². The molecule has 3 aromatic carbocycles. The van der Waals surface area contributed by atoms with Crippen LogP contribution in [0.1, 0.15) is 10.4 Å². The quantitative estimate of drug-likeness (QED) is 0.419. The third-order valence-corrected chi connectivity index (χ3v) is 4.89. The molecular formula is C21H14Cl4O4. The number of rotatable bonds is 6. The van der Waals surface area contributed by atoms with Crippen LogP contribution in [-0.4, -0.2) is 29.4 Å². The number of halogens is 4. The van der Waals surface area contributed by atoms with E-state index in [0.29, 0.717) is 48.1 Å². The SMILES string of the molecule is O=C(O)c1cc(-c2cc(Cl)cc(Cl)c2)c(OCCO)c(-c2cc(Cl)cc(Cl)c2)c1. The van der Waals surface area contributed by atoms with Crippen molar-refractivity contribution in [1.82, 2.24) is 0 Å². The Morgan fingerprint density at radius 3 is 1.52 bits per heavy atom. The van der Waals surface area contributed by atoms with Crippen LogP contribution in [-0.2, 0) is 0 Å². The highest BCUT2D eigenvalue weighted by Gasteiger charge is 2.20. The molecule has 150 valence electrons. The number of aromatic carboxylic acids is 1. The van der Waals surface area contributed by atoms with E-state index in [1.165, 1.54) is 12.1 Å². The lowest BCUT2D eigenvalue weighted by atomic mass is 9.94. The van der Waals surface area contributed by atoms with Crippen LogP contribution in [0.5, 0.6) is 5.75 Å². The summed E-state index contributed by atoms with van der Waals surface area (Å²) >= 11 is 24.6. The van der Waals surface area contributed by atoms with Crippen LogP contribution in [0.2, 0.25) is 20.1 Å². The zero-order chi connectivity index (χ0) is 21.1. The summed E-state index contributed by atoms with van der Waals surface area (Å²) in [5.74, 6) is -0.775. The van der Waals surface area contributed by atoms with E-state index in [-0.39, 0.29) is 18.8 Å². The summed E-state index contributed by atoms with van der Waals surface area (Å²) in [4.78, 5) is 11.8. The molecule has 3 rings (SSSR count). The fourth-order valence-corrected chi connectivity index (χ4v) is 3.96. The minimum atomic E-state index is -1.12. The maximum atomic E-state index is 11.8. The zero-order valence-corrected chi connectivity index (χ0v) is 17.8. The van der Waals surface area contributed by atoms with Gasteiger partial charge in [-0.2, -0.15) is 0 Å². The van der Waals surface area contributed by atoms with E-state index in [1.807, 2.05) is 0 Å². The van der Waals surface area contributed by atoms with Gasteiger partial charge in [0.05, 0.1) is 12.2 Å². The number of carbonyl (C=O) groups is 1. The zero-order valence-electron chi connectivity index (χ0n) is 14.8. The summed E-state index contributed by atoms with van der Waals surface area (Å²) in [6.07, 6.45) is 0. The summed E-state index contributed by atoms with van der Waals surface area (Å²) in [5, 5.41) is 20.4. The van der Waals surface area contributed by atoms with Gasteiger partial charge in [0.25, 0.3) is 0 Å². The molecule has 0 aliphatic heterocycles. The molecule has 0 fully saturated rings. The molecular weight excluding hydrogens is 458 g/mol. The maximum Gasteiger partial charge on any atom is 0.335 e. The highest BCUT2D eigenvalue weighted by atomic mass is 35.5. The van der Waals surface area contributed by atoms with Gasteiger partial charge < -0.3 is 14.9 Å². The molecule has 2 N–H and O–H groups in total. The highest BCUT2D eigenvalue weighted by Crippen LogP contribution is 2.43. The minimum Gasteiger partial charge on any atom is -0.490 e. The summed E-state index contributed by atoms with van der Waals surface area (Å²) < 4.78 is 5.81. The first-order chi connectivity index (χ1) is 13.8. The van der Waals surface area contributed by atoms with Gasteiger partial charge in [0.1, 0.15) is 12.4 Å². The second-order valence-corrected chi connectivity index (χ2v) is 7.84. The van der Waals surface area contributed by atoms with Crippen molar-refractivity contribution in [3.05, 3.63) is 74.2 Å². The highest BCUT2D eigenvalue weighted by molar-refractivity contribution is 6.35. The molecule has 0 unspecified atom stereocenters. The molecule has 0 saturated carbocycles. The molecule has 8 heteroatoms. The number of aliphatic hydroxyl groups excluding tert-OH is 1. The van der Waals surface area contributed by atoms with Gasteiger partial charge >= 0.3 is 5.97 Å². The molecule has 0 bridgehead atoms. The smallest absolute Gasteiger partial charge is 0.335 e. The molecule has 0 aromatic heterocycles. The van der Waals surface area contributed by atoms with E-state index in [9.17, 15) is 15.0 Å². The van der Waals surface area contributed by atoms with Crippen molar-refractivity contribution in [2.45, 2.75) is 0 Å². The van der Waals surface area contributed by atoms with Gasteiger partial charge in [0, 0.05) is 31.2 Å². The number of carboxylic acids is 1. The largest absolute Gasteiger partial charge is 0.490 e. The number of benzene rings is 3. The Morgan fingerprint density at radius 2 is 1.17 bits per heavy atom. The predicted octanol–water partition coefficient (Wildman–Crippen LogP) is 6.70. The average molecular weight is 472 g/mol. The summed E-state index contributed by atoms with van der Waals surface area (Å²) in [5.41, 5.74) is 2.06. The second-order valence-electron chi connectivity index (χ2n) is 6.09. The second kappa shape index (κ2) is 9.24. The van der Waals surface area contributed by atoms with E-state index < -0.39 is 5.97 Å². The molecule has 4 nitrogen and oxygen atoms in total. The number of aliphatic hydroxyl groups is 1. The molecule has 0 amide bonds. The number of carboxylic acid groups (broad SMARTS) is 1. The Balaban J connectivity index is 2.36. The lowest BCUT2D eigenvalue weighted by Gasteiger charge is -2.18. The summed E-state index contributed by atoms with van der Waals surface area (Å²) in [7, 11) is 0. The maximum absolute atomic E-state index is 11.8. The Hall–Kier alpha value is -1.95. The van der Waals surface area contributed by atoms with Crippen molar-refractivity contribution in [2.75, 3.05) is 13.2 Å². The molecule has 0 spiro atoms. The van der Waals surface area contributed by atoms with Gasteiger partial charge in [0.2, 0.25) is 0 Å². The van der Waals surface area contributed by atoms with Gasteiger partial charge in [-0.1, -0.05) is 46.4 Å². The van der Waals surface area contributed by atoms with Gasteiger partial charge in [-0.3, -0.25) is 0 Å². The van der Waals surface area contributed by atoms with Crippen LogP contribution < -0.4 is 4.74 Å². The third-order valence-electron chi connectivity index (χ3n) is 4.02. The molecule has 0 atom stereocenters. The molecule has 29 heavy (non-hydrogen) atoms. The normalized spacial score (nSPS) is 10.8. The van der Waals surface area contributed by atoms with E-state index in [4.69, 9.17) is 51.1 Å². The topological polar surface area (TPSA) is 66.8 Å². The van der Waals surface area contributed by atoms with Gasteiger partial charge in [-0.25, -0.2) is 4.79 Å². The van der Waals surface area contributed by atoms with Crippen LogP contribution in [0.15, 0.2) is 48.5 Å². The number of hydrogen-bond donors (Lipinski definition) is 2. The molecule has 0 aliphatic carbocycles. The Kier molecular flexibility index (Phi) is 6.93. The summed E-state index contributed by atoms with van der Waals surface area (Å²) in [6, 6.07) is 12.7. The Labute approximate surface area is 187 Å². The number of ether oxygens (including phenoxy) is 1. The van der Waals surface area contributed by atoms with E-state index in [1.54, 1.807) is 36.4 Å². The first-order valence-electron chi connectivity index (χ1n) is 8.36. The molecule has 0 aliphatic rings. The lowest BCUT2D eigenvalue weighted by Crippen LogP contribution is -2.06. The Morgan fingerprint density at radius 1 is 0.759 bits per heavy atom. The van der Waals surface area contributed by atoms with Crippen LogP contribution >= 0.6 is 46.4 Å². The van der Waals surface area contributed by atoms with Gasteiger partial charge in [-0.15, -0.1) is 0 Å². The van der Waals surface area contributed by atoms with Crippen molar-refractivity contribution in [2.24, 2.45) is 0 Å². The van der Waals surface area contributed by atoms with Crippen molar-refractivity contribution in [3.63, 3.8) is 0 Å². The summed E-state index contributed by atoms with van der Waals surface area (Å²) in [6.45, 7) is -0.235. The lowest BCUT2D eigenvalue weighted by molar-refractivity contribution is 0.0697. The monoisotopic (exact) mass is 470 g/mol. The molecule has 0 heterocycles. The van der Waals surface area contributed by atoms with Gasteiger partial charge in [-0.05, 0) is 59.7 Å². The third kappa shape index (κ3) is 5.16. The van der Waals surface area contributed by atoms with E-state index >= 15 is 0 Å². The molecule has 0 radical (unpaired) electrons. The Bertz CT molecular complexity index is 969. The van der Waals surface area contributed by atoms with Crippen LogP contribution in [0.3, 0.4) is 0 Å². The average Bonchev–Trinajstić information content (AvgIpc) is 2.64. The fraction of sp³-hybridized carbons (Fsp3) is 0.0952. The first-order valence-corrected chi connectivity index (χ1v) is 9.87. The molecule has 0 saturated heterocycles. The van der Waals surface area contributed by atoms with E-state index in [0.717, 1.165) is 0 Å². The fourth-order valence-electron chi connectivity index (χ4n) is 2.90. The number of hydrogen-bond acceptors (Lipinski definition) is 3. The van der Waals surface area contributed by atoms with Crippen molar-refractivity contribution in [3.8, 4) is 28.0 Å². The first kappa shape index (κ1) is 21.8. The van der Waals surface area contributed by atoms with Crippen molar-refractivity contribution in [1.29, 1.82) is 0 Å². The predicted molar refractivity (Wildman–Crippen MR) is 117 cm³/mol. The van der Waals surface area contributed by atoms with Crippen LogP contribution in [0.4, 0.5) is 0 Å². The van der Waals surface area contributed by atoms with Crippen molar-refractivity contribution < 1.29 is 19.7 Å². The van der Waals surface area contributed by atoms with E-state index in [2.05, 4.69) is 0 Å². The van der Waals surface area contributed by atoms with Crippen molar-refractivity contribution >= 4 is 52.4 Å².